The molecule has 0 radical (unpaired) electrons. The second kappa shape index (κ2) is 9.06. The molecule has 1 aliphatic rings. The van der Waals surface area contributed by atoms with Crippen LogP contribution in [-0.2, 0) is 10.2 Å². The standard InChI is InChI=1S/C26H31N3O2/c1-25(2)19-26(14-17-31-25,21-9-5-4-6-10-21)13-16-28-24-27-15-12-23(29-24)20-8-7-11-22(18-20)30-3/h4-12,15,18H,13-14,16-17,19H2,1-3H3,(H,27,28,29). The van der Waals surface area contributed by atoms with Gasteiger partial charge >= 0.3 is 0 Å². The minimum atomic E-state index is -0.128. The minimum Gasteiger partial charge on any atom is -0.497 e. The molecule has 1 N–H and O–H groups in total. The van der Waals surface area contributed by atoms with Gasteiger partial charge in [0.05, 0.1) is 18.4 Å². The second-order valence-electron chi connectivity index (χ2n) is 8.86. The smallest absolute Gasteiger partial charge is 0.223 e. The van der Waals surface area contributed by atoms with Gasteiger partial charge in [-0.2, -0.15) is 0 Å². The summed E-state index contributed by atoms with van der Waals surface area (Å²) < 4.78 is 11.4. The number of nitrogens with one attached hydrogen (secondary N) is 1. The van der Waals surface area contributed by atoms with E-state index in [0.717, 1.165) is 49.4 Å². The molecule has 3 aromatic rings. The van der Waals surface area contributed by atoms with Crippen molar-refractivity contribution >= 4 is 5.95 Å². The van der Waals surface area contributed by atoms with Gasteiger partial charge in [0.2, 0.25) is 5.95 Å². The first-order chi connectivity index (χ1) is 15.0. The van der Waals surface area contributed by atoms with E-state index in [0.29, 0.717) is 5.95 Å². The van der Waals surface area contributed by atoms with Crippen molar-refractivity contribution < 1.29 is 9.47 Å². The Morgan fingerprint density at radius 2 is 1.90 bits per heavy atom. The highest BCUT2D eigenvalue weighted by Crippen LogP contribution is 2.43. The Morgan fingerprint density at radius 3 is 2.68 bits per heavy atom. The van der Waals surface area contributed by atoms with Gasteiger partial charge in [-0.05, 0) is 56.9 Å². The number of rotatable bonds is 7. The third kappa shape index (κ3) is 5.05. The van der Waals surface area contributed by atoms with Gasteiger partial charge in [0, 0.05) is 30.3 Å². The highest BCUT2D eigenvalue weighted by atomic mass is 16.5. The summed E-state index contributed by atoms with van der Waals surface area (Å²) in [6.45, 7) is 5.96. The van der Waals surface area contributed by atoms with Crippen molar-refractivity contribution in [1.82, 2.24) is 9.97 Å². The van der Waals surface area contributed by atoms with E-state index in [1.807, 2.05) is 30.3 Å². The Morgan fingerprint density at radius 1 is 1.06 bits per heavy atom. The van der Waals surface area contributed by atoms with Crippen LogP contribution in [0.3, 0.4) is 0 Å². The zero-order chi connectivity index (χ0) is 21.7. The molecular weight excluding hydrogens is 386 g/mol. The fourth-order valence-electron chi connectivity index (χ4n) is 4.67. The molecule has 162 valence electrons. The highest BCUT2D eigenvalue weighted by molar-refractivity contribution is 5.61. The van der Waals surface area contributed by atoms with Gasteiger partial charge < -0.3 is 14.8 Å². The van der Waals surface area contributed by atoms with E-state index >= 15 is 0 Å². The van der Waals surface area contributed by atoms with E-state index in [9.17, 15) is 0 Å². The first kappa shape index (κ1) is 21.3. The average molecular weight is 418 g/mol. The molecule has 31 heavy (non-hydrogen) atoms. The molecule has 5 heteroatoms. The predicted octanol–water partition coefficient (Wildman–Crippen LogP) is 5.48. The summed E-state index contributed by atoms with van der Waals surface area (Å²) >= 11 is 0. The number of nitrogens with zero attached hydrogens (tertiary/aromatic N) is 2. The molecule has 0 spiro atoms. The van der Waals surface area contributed by atoms with Crippen LogP contribution in [0.4, 0.5) is 5.95 Å². The second-order valence-corrected chi connectivity index (χ2v) is 8.86. The van der Waals surface area contributed by atoms with Gasteiger partial charge in [0.1, 0.15) is 5.75 Å². The van der Waals surface area contributed by atoms with E-state index in [2.05, 4.69) is 54.5 Å². The van der Waals surface area contributed by atoms with E-state index < -0.39 is 0 Å². The number of aromatic nitrogens is 2. The van der Waals surface area contributed by atoms with Crippen LogP contribution >= 0.6 is 0 Å². The van der Waals surface area contributed by atoms with Crippen molar-refractivity contribution in [1.29, 1.82) is 0 Å². The maximum Gasteiger partial charge on any atom is 0.223 e. The van der Waals surface area contributed by atoms with E-state index in [-0.39, 0.29) is 11.0 Å². The third-order valence-electron chi connectivity index (χ3n) is 6.13. The highest BCUT2D eigenvalue weighted by Gasteiger charge is 2.41. The zero-order valence-corrected chi connectivity index (χ0v) is 18.6. The summed E-state index contributed by atoms with van der Waals surface area (Å²) in [6.07, 6.45) is 4.81. The summed E-state index contributed by atoms with van der Waals surface area (Å²) in [5.41, 5.74) is 3.23. The first-order valence-electron chi connectivity index (χ1n) is 10.9. The lowest BCUT2D eigenvalue weighted by atomic mass is 9.67. The topological polar surface area (TPSA) is 56.3 Å². The largest absolute Gasteiger partial charge is 0.497 e. The molecular formula is C26H31N3O2. The molecule has 2 heterocycles. The molecule has 0 amide bonds. The van der Waals surface area contributed by atoms with Crippen molar-refractivity contribution in [3.05, 3.63) is 72.4 Å². The Labute approximate surface area is 184 Å². The molecule has 0 bridgehead atoms. The molecule has 1 aromatic heterocycles. The lowest BCUT2D eigenvalue weighted by Gasteiger charge is -2.45. The van der Waals surface area contributed by atoms with E-state index in [1.54, 1.807) is 13.3 Å². The Hall–Kier alpha value is -2.92. The Balaban J connectivity index is 1.49. The van der Waals surface area contributed by atoms with E-state index in [4.69, 9.17) is 14.5 Å². The monoisotopic (exact) mass is 417 g/mol. The predicted molar refractivity (Wildman–Crippen MR) is 125 cm³/mol. The maximum absolute atomic E-state index is 6.03. The number of ether oxygens (including phenoxy) is 2. The number of benzene rings is 2. The molecule has 0 aliphatic carbocycles. The molecule has 2 aromatic carbocycles. The summed E-state index contributed by atoms with van der Waals surface area (Å²) in [5, 5.41) is 3.46. The molecule has 5 nitrogen and oxygen atoms in total. The van der Waals surface area contributed by atoms with Crippen molar-refractivity contribution in [2.24, 2.45) is 0 Å². The normalized spacial score (nSPS) is 20.2. The van der Waals surface area contributed by atoms with Gasteiger partial charge in [0.25, 0.3) is 0 Å². The zero-order valence-electron chi connectivity index (χ0n) is 18.6. The molecule has 1 unspecified atom stereocenters. The summed E-state index contributed by atoms with van der Waals surface area (Å²) in [5.74, 6) is 1.47. The Bertz CT molecular complexity index is 1010. The fraction of sp³-hybridized carbons (Fsp3) is 0.385. The van der Waals surface area contributed by atoms with Gasteiger partial charge in [-0.1, -0.05) is 42.5 Å². The SMILES string of the molecule is COc1cccc(-c2ccnc(NCCC3(c4ccccc4)CCOC(C)(C)C3)n2)c1. The summed E-state index contributed by atoms with van der Waals surface area (Å²) in [6, 6.07) is 20.7. The van der Waals surface area contributed by atoms with Crippen LogP contribution in [-0.4, -0.2) is 35.8 Å². The fourth-order valence-corrected chi connectivity index (χ4v) is 4.67. The van der Waals surface area contributed by atoms with Crippen molar-refractivity contribution in [3.8, 4) is 17.0 Å². The molecule has 1 aliphatic heterocycles. The number of anilines is 1. The quantitative estimate of drug-likeness (QED) is 0.551. The average Bonchev–Trinajstić information content (AvgIpc) is 2.79. The van der Waals surface area contributed by atoms with Gasteiger partial charge in [0.15, 0.2) is 0 Å². The van der Waals surface area contributed by atoms with Crippen molar-refractivity contribution in [2.45, 2.75) is 44.1 Å². The number of hydrogen-bond donors (Lipinski definition) is 1. The molecule has 1 atom stereocenters. The van der Waals surface area contributed by atoms with Crippen LogP contribution in [0.25, 0.3) is 11.3 Å². The van der Waals surface area contributed by atoms with Crippen LogP contribution in [0.15, 0.2) is 66.9 Å². The molecule has 4 rings (SSSR count). The van der Waals surface area contributed by atoms with Crippen LogP contribution < -0.4 is 10.1 Å². The van der Waals surface area contributed by atoms with Crippen LogP contribution in [0.1, 0.15) is 38.7 Å². The van der Waals surface area contributed by atoms with Gasteiger partial charge in [-0.25, -0.2) is 9.97 Å². The molecule has 1 fully saturated rings. The molecule has 0 saturated carbocycles. The van der Waals surface area contributed by atoms with Crippen LogP contribution in [0, 0.1) is 0 Å². The summed E-state index contributed by atoms with van der Waals surface area (Å²) in [7, 11) is 1.67. The number of methoxy groups -OCH3 is 1. The lowest BCUT2D eigenvalue weighted by molar-refractivity contribution is -0.0835. The van der Waals surface area contributed by atoms with E-state index in [1.165, 1.54) is 5.56 Å². The maximum atomic E-state index is 6.03. The van der Waals surface area contributed by atoms with Crippen molar-refractivity contribution in [2.75, 3.05) is 25.6 Å². The van der Waals surface area contributed by atoms with Crippen LogP contribution in [0.2, 0.25) is 0 Å². The van der Waals surface area contributed by atoms with Gasteiger partial charge in [-0.3, -0.25) is 0 Å². The minimum absolute atomic E-state index is 0.0837. The lowest BCUT2D eigenvalue weighted by Crippen LogP contribution is -2.45. The third-order valence-corrected chi connectivity index (χ3v) is 6.13. The molecule has 1 saturated heterocycles. The Kier molecular flexibility index (Phi) is 6.23. The van der Waals surface area contributed by atoms with Gasteiger partial charge in [-0.15, -0.1) is 0 Å². The van der Waals surface area contributed by atoms with Crippen molar-refractivity contribution in [3.63, 3.8) is 0 Å². The number of hydrogen-bond acceptors (Lipinski definition) is 5. The van der Waals surface area contributed by atoms with Crippen LogP contribution in [0.5, 0.6) is 5.75 Å². The summed E-state index contributed by atoms with van der Waals surface area (Å²) in [4.78, 5) is 9.16. The first-order valence-corrected chi connectivity index (χ1v) is 10.9.